The molecule has 0 saturated heterocycles. The van der Waals surface area contributed by atoms with Crippen LogP contribution in [0.15, 0.2) is 48.5 Å². The molecule has 3 aliphatic rings. The predicted molar refractivity (Wildman–Crippen MR) is 69.7 cm³/mol. The molecule has 1 nitrogen and oxygen atoms in total. The van der Waals surface area contributed by atoms with Gasteiger partial charge in [0.1, 0.15) is 0 Å². The molecule has 18 heavy (non-hydrogen) atoms. The smallest absolute Gasteiger partial charge is 0.0508 e. The Morgan fingerprint density at radius 3 is 1.67 bits per heavy atom. The van der Waals surface area contributed by atoms with Crippen molar-refractivity contribution in [1.29, 1.82) is 0 Å². The lowest BCUT2D eigenvalue weighted by Gasteiger charge is -2.19. The van der Waals surface area contributed by atoms with Gasteiger partial charge in [-0.1, -0.05) is 48.5 Å². The summed E-state index contributed by atoms with van der Waals surface area (Å²) < 4.78 is 0. The van der Waals surface area contributed by atoms with Crippen LogP contribution >= 0.6 is 0 Å². The van der Waals surface area contributed by atoms with Crippen LogP contribution in [-0.4, -0.2) is 11.7 Å². The van der Waals surface area contributed by atoms with Crippen LogP contribution < -0.4 is 0 Å². The van der Waals surface area contributed by atoms with Crippen molar-refractivity contribution in [1.82, 2.24) is 0 Å². The molecule has 1 fully saturated rings. The van der Waals surface area contributed by atoms with E-state index < -0.39 is 0 Å². The second kappa shape index (κ2) is 2.70. The molecule has 0 heterocycles. The molecule has 0 bridgehead atoms. The second-order valence-corrected chi connectivity index (χ2v) is 5.92. The summed E-state index contributed by atoms with van der Waals surface area (Å²) in [6.07, 6.45) is 0. The van der Waals surface area contributed by atoms with Gasteiger partial charge in [-0.2, -0.15) is 0 Å². The fourth-order valence-electron chi connectivity index (χ4n) is 4.90. The first-order valence-electron chi connectivity index (χ1n) is 6.68. The first kappa shape index (κ1) is 9.35. The monoisotopic (exact) mass is 234 g/mol. The van der Waals surface area contributed by atoms with Gasteiger partial charge < -0.3 is 5.11 Å². The van der Waals surface area contributed by atoms with Gasteiger partial charge in [-0.05, 0) is 22.3 Å². The van der Waals surface area contributed by atoms with Gasteiger partial charge in [0.15, 0.2) is 0 Å². The summed E-state index contributed by atoms with van der Waals surface area (Å²) >= 11 is 0. The van der Waals surface area contributed by atoms with Crippen molar-refractivity contribution < 1.29 is 5.11 Å². The molecule has 0 unspecified atom stereocenters. The molecule has 88 valence electrons. The van der Waals surface area contributed by atoms with Crippen molar-refractivity contribution in [2.45, 2.75) is 17.8 Å². The lowest BCUT2D eigenvalue weighted by atomic mass is 9.85. The lowest BCUT2D eigenvalue weighted by molar-refractivity contribution is 0.200. The van der Waals surface area contributed by atoms with Gasteiger partial charge in [0.25, 0.3) is 0 Å². The zero-order valence-corrected chi connectivity index (χ0v) is 10.0. The Labute approximate surface area is 106 Å². The van der Waals surface area contributed by atoms with E-state index in [2.05, 4.69) is 48.5 Å². The Morgan fingerprint density at radius 2 is 1.22 bits per heavy atom. The zero-order valence-electron chi connectivity index (χ0n) is 10.0. The molecule has 3 aliphatic carbocycles. The standard InChI is InChI=1S/C17H14O/c18-9-17-14-10-5-1-3-7-12(10)15(17)16(17)13-8-4-2-6-11(13)14/h1-8,14-16,18H,9H2/t14?,15-,16-,17?/m0/s1. The number of aliphatic hydroxyl groups is 1. The molecular formula is C17H14O. The van der Waals surface area contributed by atoms with Gasteiger partial charge >= 0.3 is 0 Å². The van der Waals surface area contributed by atoms with Gasteiger partial charge in [0, 0.05) is 23.2 Å². The minimum atomic E-state index is 0.105. The van der Waals surface area contributed by atoms with Crippen LogP contribution in [0.1, 0.15) is 40.0 Å². The van der Waals surface area contributed by atoms with Crippen molar-refractivity contribution in [2.75, 3.05) is 6.61 Å². The maximum atomic E-state index is 9.99. The fraction of sp³-hybridized carbons (Fsp3) is 0.294. The molecule has 0 amide bonds. The van der Waals surface area contributed by atoms with Crippen LogP contribution in [0, 0.1) is 5.41 Å². The second-order valence-electron chi connectivity index (χ2n) is 5.92. The molecule has 2 aromatic rings. The Morgan fingerprint density at radius 1 is 0.778 bits per heavy atom. The highest BCUT2D eigenvalue weighted by molar-refractivity contribution is 5.67. The number of hydrogen-bond donors (Lipinski definition) is 1. The maximum absolute atomic E-state index is 9.99. The van der Waals surface area contributed by atoms with E-state index in [1.54, 1.807) is 0 Å². The molecule has 1 heteroatoms. The third-order valence-corrected chi connectivity index (χ3v) is 5.48. The first-order chi connectivity index (χ1) is 8.89. The quantitative estimate of drug-likeness (QED) is 0.804. The summed E-state index contributed by atoms with van der Waals surface area (Å²) in [5, 5.41) is 9.99. The van der Waals surface area contributed by atoms with E-state index in [1.807, 2.05) is 0 Å². The average molecular weight is 234 g/mol. The van der Waals surface area contributed by atoms with Gasteiger partial charge in [-0.25, -0.2) is 0 Å². The summed E-state index contributed by atoms with van der Waals surface area (Å²) in [5.74, 6) is 1.57. The Kier molecular flexibility index (Phi) is 1.40. The van der Waals surface area contributed by atoms with Crippen molar-refractivity contribution >= 4 is 0 Å². The highest BCUT2D eigenvalue weighted by Crippen LogP contribution is 2.85. The van der Waals surface area contributed by atoms with Crippen molar-refractivity contribution in [3.63, 3.8) is 0 Å². The van der Waals surface area contributed by atoms with Crippen LogP contribution in [0.25, 0.3) is 0 Å². The minimum absolute atomic E-state index is 0.105. The van der Waals surface area contributed by atoms with E-state index in [-0.39, 0.29) is 5.41 Å². The van der Waals surface area contributed by atoms with E-state index in [1.165, 1.54) is 22.3 Å². The Balaban J connectivity index is 1.86. The van der Waals surface area contributed by atoms with Gasteiger partial charge in [-0.3, -0.25) is 0 Å². The normalized spacial score (nSPS) is 37.1. The van der Waals surface area contributed by atoms with Crippen LogP contribution in [0.4, 0.5) is 0 Å². The Bertz CT molecular complexity index is 619. The van der Waals surface area contributed by atoms with Crippen LogP contribution in [0.5, 0.6) is 0 Å². The third-order valence-electron chi connectivity index (χ3n) is 5.48. The third kappa shape index (κ3) is 0.733. The average Bonchev–Trinajstić information content (AvgIpc) is 2.93. The zero-order chi connectivity index (χ0) is 11.9. The van der Waals surface area contributed by atoms with Crippen molar-refractivity contribution in [3.05, 3.63) is 70.8 Å². The van der Waals surface area contributed by atoms with E-state index >= 15 is 0 Å². The molecule has 2 atom stereocenters. The van der Waals surface area contributed by atoms with Crippen molar-refractivity contribution in [3.8, 4) is 0 Å². The summed E-state index contributed by atoms with van der Waals surface area (Å²) in [6.45, 7) is 0.316. The van der Waals surface area contributed by atoms with Gasteiger partial charge in [0.2, 0.25) is 0 Å². The molecule has 0 aromatic heterocycles. The molecule has 1 N–H and O–H groups in total. The van der Waals surface area contributed by atoms with E-state index in [0.717, 1.165) is 0 Å². The van der Waals surface area contributed by atoms with Gasteiger partial charge in [0.05, 0.1) is 6.61 Å². The number of rotatable bonds is 1. The molecule has 0 spiro atoms. The predicted octanol–water partition coefficient (Wildman–Crippen LogP) is 3.01. The molecule has 0 radical (unpaired) electrons. The fourth-order valence-corrected chi connectivity index (χ4v) is 4.90. The van der Waals surface area contributed by atoms with E-state index in [9.17, 15) is 5.11 Å². The maximum Gasteiger partial charge on any atom is 0.0508 e. The van der Waals surface area contributed by atoms with Crippen LogP contribution in [0.3, 0.4) is 0 Å². The highest BCUT2D eigenvalue weighted by atomic mass is 16.3. The number of hydrogen-bond acceptors (Lipinski definition) is 1. The first-order valence-corrected chi connectivity index (χ1v) is 6.68. The lowest BCUT2D eigenvalue weighted by Crippen LogP contribution is -2.14. The molecule has 5 rings (SSSR count). The van der Waals surface area contributed by atoms with Crippen molar-refractivity contribution in [2.24, 2.45) is 5.41 Å². The number of aliphatic hydroxyl groups excluding tert-OH is 1. The summed E-state index contributed by atoms with van der Waals surface area (Å²) in [5.41, 5.74) is 5.99. The minimum Gasteiger partial charge on any atom is -0.396 e. The van der Waals surface area contributed by atoms with E-state index in [4.69, 9.17) is 0 Å². The topological polar surface area (TPSA) is 20.2 Å². The molecule has 2 aromatic carbocycles. The number of fused-ring (bicyclic) bond motifs is 7. The Hall–Kier alpha value is -1.60. The number of benzene rings is 2. The van der Waals surface area contributed by atoms with Crippen LogP contribution in [0.2, 0.25) is 0 Å². The molecule has 1 saturated carbocycles. The summed E-state index contributed by atoms with van der Waals surface area (Å²) in [4.78, 5) is 0. The summed E-state index contributed by atoms with van der Waals surface area (Å²) in [7, 11) is 0. The highest BCUT2D eigenvalue weighted by Gasteiger charge is 2.77. The summed E-state index contributed by atoms with van der Waals surface area (Å²) in [6, 6.07) is 17.6. The largest absolute Gasteiger partial charge is 0.396 e. The van der Waals surface area contributed by atoms with E-state index in [0.29, 0.717) is 24.4 Å². The molecule has 0 aliphatic heterocycles. The van der Waals surface area contributed by atoms with Crippen LogP contribution in [-0.2, 0) is 0 Å². The van der Waals surface area contributed by atoms with Gasteiger partial charge in [-0.15, -0.1) is 0 Å². The molecular weight excluding hydrogens is 220 g/mol. The SMILES string of the molecule is OCC12C3c4ccccc4[C@H]1[C@@H]2c1ccccc13.